The normalized spacial score (nSPS) is 13.6. The molecule has 0 nitrogen and oxygen atoms in total. The zero-order chi connectivity index (χ0) is 52.7. The van der Waals surface area contributed by atoms with Crippen molar-refractivity contribution in [1.82, 2.24) is 0 Å². The maximum Gasteiger partial charge on any atom is 4.00 e. The van der Waals surface area contributed by atoms with Gasteiger partial charge >= 0.3 is 21.7 Å². The van der Waals surface area contributed by atoms with E-state index in [4.69, 9.17) is 0 Å². The van der Waals surface area contributed by atoms with Gasteiger partial charge in [0.05, 0.1) is 72.7 Å². The van der Waals surface area contributed by atoms with E-state index < -0.39 is 80.7 Å². The number of hydrogen-bond donors (Lipinski definition) is 0. The average Bonchev–Trinajstić information content (AvgIpc) is 3.26. The molecule has 0 heterocycles. The van der Waals surface area contributed by atoms with Crippen molar-refractivity contribution in [3.63, 3.8) is 0 Å². The number of halogens is 3. The van der Waals surface area contributed by atoms with E-state index in [9.17, 15) is 0 Å². The van der Waals surface area contributed by atoms with Crippen molar-refractivity contribution in [3.8, 4) is 0 Å². The van der Waals surface area contributed by atoms with Crippen molar-refractivity contribution in [2.75, 3.05) is 0 Å². The maximum atomic E-state index is 3.05. The number of benzene rings is 3. The van der Waals surface area contributed by atoms with E-state index >= 15 is 0 Å². The molecule has 4 aromatic rings. The molecule has 0 atom stereocenters. The van der Waals surface area contributed by atoms with Crippen LogP contribution in [0.1, 0.15) is 38.9 Å². The monoisotopic (exact) mass is 1220 g/mol. The van der Waals surface area contributed by atoms with Crippen LogP contribution in [0.3, 0.4) is 0 Å². The Balaban J connectivity index is 0.0000122. The van der Waals surface area contributed by atoms with Gasteiger partial charge in [-0.05, 0) is 20.8 Å². The Bertz CT molecular complexity index is 2330. The van der Waals surface area contributed by atoms with Gasteiger partial charge in [0.15, 0.2) is 0 Å². The molecule has 0 spiro atoms. The Morgan fingerprint density at radius 3 is 0.549 bits per heavy atom. The molecule has 0 amide bonds. The fraction of sp³-hybridized carbons (Fsp3) is 0.596. The molecule has 4 aromatic carbocycles. The first kappa shape index (κ1) is 71.8. The van der Waals surface area contributed by atoms with Crippen molar-refractivity contribution >= 4 is 148 Å². The average molecular weight is 1230 g/mol. The number of hydrogen-bond acceptors (Lipinski definition) is 0. The molecule has 14 heteroatoms. The second kappa shape index (κ2) is 22.5. The number of rotatable bonds is 13. The fourth-order valence-corrected chi connectivity index (χ4v) is 49.5. The third-order valence-electron chi connectivity index (χ3n) is 15.7. The topological polar surface area (TPSA) is 0 Å². The van der Waals surface area contributed by atoms with Crippen LogP contribution in [-0.4, -0.2) is 80.7 Å². The molecular formula is C57H105Cl3Si10Ti. The molecule has 0 saturated heterocycles. The van der Waals surface area contributed by atoms with E-state index in [0.29, 0.717) is 0 Å². The quantitative estimate of drug-likeness (QED) is 0.106. The maximum absolute atomic E-state index is 3.36. The molecular weight excluding hydrogens is 1120 g/mol. The van der Waals surface area contributed by atoms with Crippen LogP contribution in [0.25, 0.3) is 0 Å². The van der Waals surface area contributed by atoms with Gasteiger partial charge < -0.3 is 37.2 Å². The first-order valence-corrected chi connectivity index (χ1v) is 59.7. The molecule has 0 aromatic heterocycles. The standard InChI is InChI=1S/C57H105Si10.3ClH.Ti/c1-38-39(2)41(4)51(40(38)3)67(48-35-45(58(8,9)10)42(5)52(61(17,18)19)55(48)64(26,27)28,49-36-46(59(11,12)13)43(6)53(62(20,21)22)56(49)65(29,30)31)50-37-47(60(14,15)16)44(7)54(63(23,24)25)57(50)66(32,33)34;;;;/h35-37H,1-34H3;3*1H;/q-1;;;;+4/p-3. The van der Waals surface area contributed by atoms with E-state index in [-0.39, 0.29) is 58.9 Å². The third-order valence-corrected chi connectivity index (χ3v) is 41.2. The molecule has 0 unspecified atom stereocenters. The molecule has 0 N–H and O–H groups in total. The minimum Gasteiger partial charge on any atom is -1.00 e. The van der Waals surface area contributed by atoms with Gasteiger partial charge in [-0.1, -0.05) is 302 Å². The smallest absolute Gasteiger partial charge is 1.00 e. The molecule has 0 aliphatic heterocycles. The van der Waals surface area contributed by atoms with Gasteiger partial charge in [0.2, 0.25) is 0 Å². The van der Waals surface area contributed by atoms with Crippen molar-refractivity contribution in [3.05, 3.63) is 57.1 Å². The van der Waals surface area contributed by atoms with E-state index in [1.54, 1.807) is 48.6 Å². The Labute approximate surface area is 484 Å². The van der Waals surface area contributed by atoms with Crippen LogP contribution in [0, 0.1) is 48.5 Å². The summed E-state index contributed by atoms with van der Waals surface area (Å²) in [7, 11) is -21.2. The van der Waals surface area contributed by atoms with E-state index in [0.717, 1.165) is 0 Å². The summed E-state index contributed by atoms with van der Waals surface area (Å²) in [4.78, 5) is 0. The SMILES string of the molecule is Cc1c([Si](C)(C)C)cc([Si](c2cc([Si](C)(C)C)c(C)c([Si](C)(C)C)c2[Si](C)(C)C)(c2cc([Si](C)(C)C)c(C)c([Si](C)(C)C)c2[Si](C)(C)C)[c-]2c(C)c(C)c(C)c2C)c([Si](C)(C)C)c1[Si](C)(C)C.[Cl-].[Cl-].[Cl-].[Ti+4]. The summed E-state index contributed by atoms with van der Waals surface area (Å²) in [5, 5.41) is 23.7. The molecule has 0 saturated carbocycles. The van der Waals surface area contributed by atoms with Crippen LogP contribution in [0.4, 0.5) is 0 Å². The van der Waals surface area contributed by atoms with Crippen molar-refractivity contribution in [2.24, 2.45) is 0 Å². The van der Waals surface area contributed by atoms with Crippen LogP contribution in [0.2, 0.25) is 177 Å². The summed E-state index contributed by atoms with van der Waals surface area (Å²) in [6.07, 6.45) is 0. The van der Waals surface area contributed by atoms with E-state index in [1.807, 2.05) is 46.7 Å². The Morgan fingerprint density at radius 2 is 0.408 bits per heavy atom. The zero-order valence-corrected chi connectivity index (χ0v) is 66.2. The molecule has 0 aliphatic rings. The fourth-order valence-electron chi connectivity index (χ4n) is 13.3. The van der Waals surface area contributed by atoms with Crippen LogP contribution < -0.4 is 105 Å². The van der Waals surface area contributed by atoms with Gasteiger partial charge in [-0.15, -0.1) is 5.19 Å². The summed E-state index contributed by atoms with van der Waals surface area (Å²) in [6, 6.07) is 9.15. The largest absolute Gasteiger partial charge is 4.00 e. The van der Waals surface area contributed by atoms with Gasteiger partial charge in [0, 0.05) is 0 Å². The van der Waals surface area contributed by atoms with Crippen molar-refractivity contribution in [1.29, 1.82) is 0 Å². The van der Waals surface area contributed by atoms with Crippen molar-refractivity contribution < 1.29 is 58.9 Å². The first-order chi connectivity index (χ1) is 29.4. The molecule has 71 heavy (non-hydrogen) atoms. The van der Waals surface area contributed by atoms with Gasteiger partial charge in [0.1, 0.15) is 8.07 Å². The third kappa shape index (κ3) is 13.3. The van der Waals surface area contributed by atoms with Crippen LogP contribution in [-0.2, 0) is 21.7 Å². The van der Waals surface area contributed by atoms with E-state index in [1.165, 1.54) is 11.1 Å². The van der Waals surface area contributed by atoms with Crippen LogP contribution in [0.15, 0.2) is 18.2 Å². The molecule has 4 rings (SSSR count). The molecule has 398 valence electrons. The van der Waals surface area contributed by atoms with Crippen LogP contribution >= 0.6 is 0 Å². The first-order valence-electron chi connectivity index (χ1n) is 26.2. The summed E-state index contributed by atoms with van der Waals surface area (Å²) < 4.78 is 0. The molecule has 0 radical (unpaired) electrons. The second-order valence-electron chi connectivity index (χ2n) is 30.9. The van der Waals surface area contributed by atoms with Gasteiger partial charge in [-0.2, -0.15) is 22.3 Å². The summed E-state index contributed by atoms with van der Waals surface area (Å²) in [6.45, 7) is 91.4. The minimum absolute atomic E-state index is 0. The van der Waals surface area contributed by atoms with Crippen LogP contribution in [0.5, 0.6) is 0 Å². The van der Waals surface area contributed by atoms with Gasteiger partial charge in [0.25, 0.3) is 0 Å². The van der Waals surface area contributed by atoms with Gasteiger partial charge in [-0.25, -0.2) is 0 Å². The predicted octanol–water partition coefficient (Wildman–Crippen LogP) is 0.858. The second-order valence-corrected chi connectivity index (χ2v) is 79.6. The van der Waals surface area contributed by atoms with Crippen molar-refractivity contribution in [2.45, 2.75) is 225 Å². The predicted molar refractivity (Wildman–Crippen MR) is 346 cm³/mol. The summed E-state index contributed by atoms with van der Waals surface area (Å²) >= 11 is 0. The Morgan fingerprint density at radius 1 is 0.239 bits per heavy atom. The Kier molecular flexibility index (Phi) is 22.7. The summed E-state index contributed by atoms with van der Waals surface area (Å²) in [5.41, 5.74) is 11.3. The van der Waals surface area contributed by atoms with Gasteiger partial charge in [-0.3, -0.25) is 0 Å². The molecule has 0 bridgehead atoms. The molecule has 0 fully saturated rings. The minimum atomic E-state index is -3.36. The Hall–Kier alpha value is 0.763. The summed E-state index contributed by atoms with van der Waals surface area (Å²) in [5.74, 6) is 0. The zero-order valence-electron chi connectivity index (χ0n) is 52.4. The van der Waals surface area contributed by atoms with E-state index in [2.05, 4.69) is 243 Å². The molecule has 0 aliphatic carbocycles.